The first kappa shape index (κ1) is 12.6. The lowest BCUT2D eigenvalue weighted by Crippen LogP contribution is -2.33. The molecular weight excluding hydrogens is 236 g/mol. The summed E-state index contributed by atoms with van der Waals surface area (Å²) in [5, 5.41) is 0. The molecule has 6 heteroatoms. The summed E-state index contributed by atoms with van der Waals surface area (Å²) >= 11 is 0. The fourth-order valence-electron chi connectivity index (χ4n) is 2.43. The molecule has 1 heterocycles. The number of methoxy groups -OCH3 is 2. The van der Waals surface area contributed by atoms with Crippen LogP contribution in [0.3, 0.4) is 0 Å². The molecule has 1 aromatic rings. The molecule has 0 bridgehead atoms. The number of esters is 2. The average molecular weight is 252 g/mol. The lowest BCUT2D eigenvalue weighted by Gasteiger charge is -2.17. The minimum absolute atomic E-state index is 0.332. The van der Waals surface area contributed by atoms with E-state index in [-0.39, 0.29) is 6.04 Å². The molecule has 2 rings (SSSR count). The number of hydrogen-bond donors (Lipinski definition) is 1. The third-order valence-electron chi connectivity index (χ3n) is 3.46. The van der Waals surface area contributed by atoms with E-state index in [0.717, 1.165) is 0 Å². The van der Waals surface area contributed by atoms with E-state index in [9.17, 15) is 9.59 Å². The number of nitrogens with two attached hydrogens (primary N) is 1. The molecule has 0 spiro atoms. The van der Waals surface area contributed by atoms with Crippen LogP contribution < -0.4 is 5.73 Å². The van der Waals surface area contributed by atoms with E-state index in [1.54, 1.807) is 23.9 Å². The zero-order valence-corrected chi connectivity index (χ0v) is 10.6. The van der Waals surface area contributed by atoms with Gasteiger partial charge in [0.25, 0.3) is 0 Å². The molecule has 2 N–H and O–H groups in total. The molecule has 1 aromatic heterocycles. The summed E-state index contributed by atoms with van der Waals surface area (Å²) in [6.45, 7) is 0. The smallest absolute Gasteiger partial charge is 0.339 e. The van der Waals surface area contributed by atoms with Gasteiger partial charge in [0, 0.05) is 19.3 Å². The Balaban J connectivity index is 2.54. The van der Waals surface area contributed by atoms with Crippen molar-refractivity contribution in [2.24, 2.45) is 12.8 Å². The van der Waals surface area contributed by atoms with Gasteiger partial charge in [-0.25, -0.2) is 4.79 Å². The maximum Gasteiger partial charge on any atom is 0.339 e. The van der Waals surface area contributed by atoms with E-state index in [1.807, 2.05) is 0 Å². The number of carbonyl (C=O) groups excluding carboxylic acids is 2. The zero-order chi connectivity index (χ0) is 13.5. The molecule has 98 valence electrons. The van der Waals surface area contributed by atoms with E-state index < -0.39 is 17.4 Å². The van der Waals surface area contributed by atoms with Crippen LogP contribution in [-0.4, -0.2) is 36.8 Å². The van der Waals surface area contributed by atoms with Crippen LogP contribution in [0, 0.1) is 0 Å². The molecule has 0 radical (unpaired) electrons. The summed E-state index contributed by atoms with van der Waals surface area (Å²) in [7, 11) is 4.38. The van der Waals surface area contributed by atoms with E-state index in [4.69, 9.17) is 15.2 Å². The predicted molar refractivity (Wildman–Crippen MR) is 63.0 cm³/mol. The van der Waals surface area contributed by atoms with Gasteiger partial charge in [-0.3, -0.25) is 4.79 Å². The normalized spacial score (nSPS) is 25.7. The monoisotopic (exact) mass is 252 g/mol. The summed E-state index contributed by atoms with van der Waals surface area (Å²) in [4.78, 5) is 23.7. The zero-order valence-electron chi connectivity index (χ0n) is 10.6. The predicted octanol–water partition coefficient (Wildman–Crippen LogP) is -0.0465. The minimum atomic E-state index is -0.920. The number of hydrogen-bond acceptors (Lipinski definition) is 5. The van der Waals surface area contributed by atoms with Crippen molar-refractivity contribution in [1.29, 1.82) is 0 Å². The van der Waals surface area contributed by atoms with Gasteiger partial charge in [-0.05, 0) is 12.5 Å². The molecule has 18 heavy (non-hydrogen) atoms. The van der Waals surface area contributed by atoms with Gasteiger partial charge in [0.2, 0.25) is 0 Å². The van der Waals surface area contributed by atoms with Gasteiger partial charge < -0.3 is 19.8 Å². The van der Waals surface area contributed by atoms with Crippen molar-refractivity contribution in [3.63, 3.8) is 0 Å². The fraction of sp³-hybridized carbons (Fsp3) is 0.500. The van der Waals surface area contributed by atoms with Gasteiger partial charge in [-0.15, -0.1) is 0 Å². The van der Waals surface area contributed by atoms with E-state index in [0.29, 0.717) is 17.7 Å². The number of aryl methyl sites for hydroxylation is 1. The number of aromatic nitrogens is 1. The number of nitrogens with zero attached hydrogens (tertiary/aromatic N) is 1. The Kier molecular flexibility index (Phi) is 2.90. The second-order valence-corrected chi connectivity index (χ2v) is 4.45. The van der Waals surface area contributed by atoms with E-state index in [1.165, 1.54) is 14.2 Å². The highest BCUT2D eigenvalue weighted by Crippen LogP contribution is 2.49. The maximum absolute atomic E-state index is 12.0. The highest BCUT2D eigenvalue weighted by atomic mass is 16.5. The number of rotatable bonds is 3. The van der Waals surface area contributed by atoms with Gasteiger partial charge >= 0.3 is 11.9 Å². The Morgan fingerprint density at radius 3 is 2.50 bits per heavy atom. The molecule has 6 nitrogen and oxygen atoms in total. The van der Waals surface area contributed by atoms with Crippen molar-refractivity contribution in [3.05, 3.63) is 23.5 Å². The van der Waals surface area contributed by atoms with Crippen molar-refractivity contribution in [2.75, 3.05) is 14.2 Å². The van der Waals surface area contributed by atoms with Crippen LogP contribution in [0.5, 0.6) is 0 Å². The third kappa shape index (κ3) is 1.53. The number of carbonyl (C=O) groups is 2. The summed E-state index contributed by atoms with van der Waals surface area (Å²) in [6, 6.07) is 1.29. The average Bonchev–Trinajstić information content (AvgIpc) is 2.88. The third-order valence-corrected chi connectivity index (χ3v) is 3.46. The van der Waals surface area contributed by atoms with Crippen LogP contribution in [0.15, 0.2) is 12.3 Å². The molecule has 2 unspecified atom stereocenters. The second-order valence-electron chi connectivity index (χ2n) is 4.45. The van der Waals surface area contributed by atoms with Gasteiger partial charge in [0.05, 0.1) is 25.5 Å². The highest BCUT2D eigenvalue weighted by Gasteiger charge is 2.63. The summed E-state index contributed by atoms with van der Waals surface area (Å²) in [6.07, 6.45) is 2.18. The van der Waals surface area contributed by atoms with Gasteiger partial charge in [-0.1, -0.05) is 0 Å². The van der Waals surface area contributed by atoms with Crippen LogP contribution in [-0.2, 0) is 26.7 Å². The summed E-state index contributed by atoms with van der Waals surface area (Å²) in [5.74, 6) is -0.894. The van der Waals surface area contributed by atoms with Crippen LogP contribution in [0.1, 0.15) is 22.5 Å². The first-order chi connectivity index (χ1) is 8.48. The van der Waals surface area contributed by atoms with Crippen LogP contribution in [0.2, 0.25) is 0 Å². The van der Waals surface area contributed by atoms with Crippen molar-refractivity contribution in [3.8, 4) is 0 Å². The quantitative estimate of drug-likeness (QED) is 0.763. The fourth-order valence-corrected chi connectivity index (χ4v) is 2.43. The Labute approximate surface area is 105 Å². The highest BCUT2D eigenvalue weighted by molar-refractivity contribution is 5.96. The first-order valence-corrected chi connectivity index (χ1v) is 5.57. The molecule has 0 aromatic carbocycles. The summed E-state index contributed by atoms with van der Waals surface area (Å²) < 4.78 is 11.2. The molecule has 0 amide bonds. The van der Waals surface area contributed by atoms with Crippen LogP contribution >= 0.6 is 0 Å². The van der Waals surface area contributed by atoms with Gasteiger partial charge in [0.15, 0.2) is 0 Å². The Bertz CT molecular complexity index is 508. The minimum Gasteiger partial charge on any atom is -0.468 e. The second kappa shape index (κ2) is 4.13. The van der Waals surface area contributed by atoms with Crippen molar-refractivity contribution >= 4 is 11.9 Å². The largest absolute Gasteiger partial charge is 0.468 e. The lowest BCUT2D eigenvalue weighted by atomic mass is 9.97. The topological polar surface area (TPSA) is 83.5 Å². The maximum atomic E-state index is 12.0. The van der Waals surface area contributed by atoms with E-state index in [2.05, 4.69) is 0 Å². The van der Waals surface area contributed by atoms with Crippen molar-refractivity contribution in [2.45, 2.75) is 17.9 Å². The molecular formula is C12H16N2O4. The molecule has 0 saturated heterocycles. The van der Waals surface area contributed by atoms with Gasteiger partial charge in [0.1, 0.15) is 5.41 Å². The molecule has 1 saturated carbocycles. The Hall–Kier alpha value is -1.82. The molecule has 0 aliphatic heterocycles. The number of ether oxygens (including phenoxy) is 2. The molecule has 1 aliphatic carbocycles. The Morgan fingerprint density at radius 2 is 2.06 bits per heavy atom. The summed E-state index contributed by atoms with van der Waals surface area (Å²) in [5.41, 5.74) is 5.89. The van der Waals surface area contributed by atoms with Crippen molar-refractivity contribution in [1.82, 2.24) is 4.57 Å². The van der Waals surface area contributed by atoms with Crippen LogP contribution in [0.4, 0.5) is 0 Å². The molecule has 1 fully saturated rings. The molecule has 1 aliphatic rings. The first-order valence-electron chi connectivity index (χ1n) is 5.57. The molecule has 2 atom stereocenters. The van der Waals surface area contributed by atoms with Crippen molar-refractivity contribution < 1.29 is 19.1 Å². The Morgan fingerprint density at radius 1 is 1.44 bits per heavy atom. The standard InChI is InChI=1S/C12H16N2O4/c1-14-5-4-7(10(15)17-2)9(14)12(6-8(12)13)11(16)18-3/h4-5,8H,6,13H2,1-3H3. The SMILES string of the molecule is COC(=O)c1ccn(C)c1C1(C(=O)OC)CC1N. The lowest BCUT2D eigenvalue weighted by molar-refractivity contribution is -0.144. The van der Waals surface area contributed by atoms with Crippen LogP contribution in [0.25, 0.3) is 0 Å². The van der Waals surface area contributed by atoms with E-state index >= 15 is 0 Å². The van der Waals surface area contributed by atoms with Gasteiger partial charge in [-0.2, -0.15) is 0 Å².